The predicted octanol–water partition coefficient (Wildman–Crippen LogP) is 6.13. The SMILES string of the molecule is O=C(c1ccc(Cl)cc1)N(Cc1ccc(Cl)cc1Cl)N1C(=O)[C@H]2C[C@H](Br)[C@@H](Br)C[C@H]2C1=O. The molecule has 0 unspecified atom stereocenters. The van der Waals surface area contributed by atoms with E-state index in [0.717, 1.165) is 5.01 Å². The van der Waals surface area contributed by atoms with E-state index < -0.39 is 17.7 Å². The molecule has 5 nitrogen and oxygen atoms in total. The molecule has 0 aromatic heterocycles. The summed E-state index contributed by atoms with van der Waals surface area (Å²) in [5, 5.41) is 3.43. The molecule has 2 aromatic rings. The molecule has 168 valence electrons. The highest BCUT2D eigenvalue weighted by Crippen LogP contribution is 2.44. The largest absolute Gasteiger partial charge is 0.273 e. The monoisotopic (exact) mass is 620 g/mol. The van der Waals surface area contributed by atoms with Gasteiger partial charge in [0.05, 0.1) is 18.4 Å². The molecule has 0 radical (unpaired) electrons. The average molecular weight is 624 g/mol. The van der Waals surface area contributed by atoms with Crippen molar-refractivity contribution in [1.82, 2.24) is 10.0 Å². The number of alkyl halides is 2. The van der Waals surface area contributed by atoms with Crippen molar-refractivity contribution in [3.63, 3.8) is 0 Å². The van der Waals surface area contributed by atoms with E-state index in [9.17, 15) is 14.4 Å². The molecule has 1 heterocycles. The van der Waals surface area contributed by atoms with Gasteiger partial charge in [0, 0.05) is 30.3 Å². The third kappa shape index (κ3) is 4.60. The number of halogens is 5. The Kier molecular flexibility index (Phi) is 7.23. The molecule has 1 saturated carbocycles. The summed E-state index contributed by atoms with van der Waals surface area (Å²) in [5.74, 6) is -2.23. The minimum atomic E-state index is -0.501. The quantitative estimate of drug-likeness (QED) is 0.305. The number of carbonyl (C=O) groups excluding carboxylic acids is 3. The van der Waals surface area contributed by atoms with E-state index in [1.807, 2.05) is 0 Å². The molecule has 3 amide bonds. The van der Waals surface area contributed by atoms with Gasteiger partial charge in [-0.1, -0.05) is 72.7 Å². The molecule has 2 aromatic carbocycles. The summed E-state index contributed by atoms with van der Waals surface area (Å²) in [6.45, 7) is -0.0656. The van der Waals surface area contributed by atoms with E-state index in [1.54, 1.807) is 42.5 Å². The van der Waals surface area contributed by atoms with E-state index in [0.29, 0.717) is 39.0 Å². The van der Waals surface area contributed by atoms with Crippen LogP contribution in [0.25, 0.3) is 0 Å². The molecule has 10 heteroatoms. The number of hydrogen-bond acceptors (Lipinski definition) is 3. The molecule has 4 atom stereocenters. The topological polar surface area (TPSA) is 57.7 Å². The van der Waals surface area contributed by atoms with Crippen LogP contribution in [0, 0.1) is 11.8 Å². The highest BCUT2D eigenvalue weighted by atomic mass is 79.9. The summed E-state index contributed by atoms with van der Waals surface area (Å²) in [6.07, 6.45) is 1.01. The maximum absolute atomic E-state index is 13.5. The van der Waals surface area contributed by atoms with Gasteiger partial charge in [0.1, 0.15) is 0 Å². The van der Waals surface area contributed by atoms with Gasteiger partial charge in [0.2, 0.25) is 0 Å². The zero-order valence-electron chi connectivity index (χ0n) is 16.5. The third-order valence-corrected chi connectivity index (χ3v) is 9.36. The molecular formula is C22H17Br2Cl3N2O3. The van der Waals surface area contributed by atoms with Crippen LogP contribution >= 0.6 is 66.7 Å². The number of benzene rings is 2. The Hall–Kier alpha value is -1.12. The number of nitrogens with zero attached hydrogens (tertiary/aromatic N) is 2. The highest BCUT2D eigenvalue weighted by molar-refractivity contribution is 9.12. The summed E-state index contributed by atoms with van der Waals surface area (Å²) in [4.78, 5) is 40.3. The highest BCUT2D eigenvalue weighted by Gasteiger charge is 2.54. The molecule has 4 rings (SSSR count). The number of imide groups is 1. The molecular weight excluding hydrogens is 606 g/mol. The van der Waals surface area contributed by atoms with Crippen LogP contribution < -0.4 is 0 Å². The summed E-state index contributed by atoms with van der Waals surface area (Å²) in [6, 6.07) is 11.2. The molecule has 0 bridgehead atoms. The van der Waals surface area contributed by atoms with E-state index in [4.69, 9.17) is 34.8 Å². The lowest BCUT2D eigenvalue weighted by molar-refractivity contribution is -0.155. The Labute approximate surface area is 217 Å². The van der Waals surface area contributed by atoms with Gasteiger partial charge >= 0.3 is 0 Å². The van der Waals surface area contributed by atoms with Crippen molar-refractivity contribution in [2.45, 2.75) is 29.0 Å². The number of hydrazine groups is 1. The third-order valence-electron chi connectivity index (χ3n) is 5.79. The van der Waals surface area contributed by atoms with Crippen LogP contribution in [0.5, 0.6) is 0 Å². The van der Waals surface area contributed by atoms with Crippen LogP contribution in [0.1, 0.15) is 28.8 Å². The number of fused-ring (bicyclic) bond motifs is 1. The molecule has 1 aliphatic heterocycles. The van der Waals surface area contributed by atoms with E-state index in [1.165, 1.54) is 5.01 Å². The fourth-order valence-corrected chi connectivity index (χ4v) is 5.93. The van der Waals surface area contributed by atoms with E-state index in [2.05, 4.69) is 31.9 Å². The zero-order chi connectivity index (χ0) is 23.2. The molecule has 1 saturated heterocycles. The first-order chi connectivity index (χ1) is 15.2. The molecule has 0 N–H and O–H groups in total. The van der Waals surface area contributed by atoms with E-state index in [-0.39, 0.29) is 28.0 Å². The Morgan fingerprint density at radius 3 is 1.97 bits per heavy atom. The second-order valence-electron chi connectivity index (χ2n) is 7.81. The number of carbonyl (C=O) groups is 3. The fraction of sp³-hybridized carbons (Fsp3) is 0.318. The van der Waals surface area contributed by atoms with Crippen molar-refractivity contribution in [2.75, 3.05) is 0 Å². The maximum atomic E-state index is 13.5. The van der Waals surface area contributed by atoms with Crippen LogP contribution in [0.3, 0.4) is 0 Å². The van der Waals surface area contributed by atoms with Gasteiger partial charge in [-0.05, 0) is 54.8 Å². The Balaban J connectivity index is 1.73. The van der Waals surface area contributed by atoms with Gasteiger partial charge in [-0.25, -0.2) is 5.01 Å². The van der Waals surface area contributed by atoms with Crippen molar-refractivity contribution in [3.05, 3.63) is 68.7 Å². The Morgan fingerprint density at radius 1 is 0.906 bits per heavy atom. The minimum Gasteiger partial charge on any atom is -0.272 e. The minimum absolute atomic E-state index is 0.0616. The first-order valence-electron chi connectivity index (χ1n) is 9.84. The van der Waals surface area contributed by atoms with Crippen LogP contribution in [0.4, 0.5) is 0 Å². The van der Waals surface area contributed by atoms with Crippen molar-refractivity contribution < 1.29 is 14.4 Å². The van der Waals surface area contributed by atoms with Gasteiger partial charge in [0.15, 0.2) is 0 Å². The number of amides is 3. The van der Waals surface area contributed by atoms with Crippen molar-refractivity contribution in [3.8, 4) is 0 Å². The van der Waals surface area contributed by atoms with Crippen LogP contribution in [-0.2, 0) is 16.1 Å². The van der Waals surface area contributed by atoms with Crippen molar-refractivity contribution in [1.29, 1.82) is 0 Å². The second-order valence-corrected chi connectivity index (χ2v) is 11.4. The first-order valence-corrected chi connectivity index (χ1v) is 12.8. The Bertz CT molecular complexity index is 1050. The summed E-state index contributed by atoms with van der Waals surface area (Å²) in [5.41, 5.74) is 0.859. The van der Waals surface area contributed by atoms with Gasteiger partial charge in [-0.2, -0.15) is 5.01 Å². The number of hydrogen-bond donors (Lipinski definition) is 0. The molecule has 32 heavy (non-hydrogen) atoms. The van der Waals surface area contributed by atoms with Gasteiger partial charge in [0.25, 0.3) is 17.7 Å². The van der Waals surface area contributed by atoms with Crippen LogP contribution in [0.2, 0.25) is 15.1 Å². The van der Waals surface area contributed by atoms with Crippen molar-refractivity contribution in [2.24, 2.45) is 11.8 Å². The predicted molar refractivity (Wildman–Crippen MR) is 131 cm³/mol. The van der Waals surface area contributed by atoms with Crippen LogP contribution in [-0.4, -0.2) is 37.4 Å². The Morgan fingerprint density at radius 2 is 1.44 bits per heavy atom. The maximum Gasteiger partial charge on any atom is 0.273 e. The fourth-order valence-electron chi connectivity index (χ4n) is 4.10. The second kappa shape index (κ2) is 9.63. The normalized spacial score (nSPS) is 25.1. The van der Waals surface area contributed by atoms with Gasteiger partial charge in [-0.15, -0.1) is 0 Å². The van der Waals surface area contributed by atoms with Crippen molar-refractivity contribution >= 4 is 84.4 Å². The lowest BCUT2D eigenvalue weighted by atomic mass is 9.81. The average Bonchev–Trinajstić information content (AvgIpc) is 2.98. The van der Waals surface area contributed by atoms with E-state index >= 15 is 0 Å². The lowest BCUT2D eigenvalue weighted by Gasteiger charge is -2.31. The molecule has 1 aliphatic carbocycles. The standard InChI is InChI=1S/C22H17Br2Cl3N2O3/c23-17-8-15-16(9-18(17)24)22(32)29(21(15)31)28(10-12-3-6-14(26)7-19(12)27)20(30)11-1-4-13(25)5-2-11/h1-7,15-18H,8-10H2/t15-,16+,17-,18-/m0/s1. The summed E-state index contributed by atoms with van der Waals surface area (Å²) in [7, 11) is 0. The molecule has 2 aliphatic rings. The molecule has 2 fully saturated rings. The smallest absolute Gasteiger partial charge is 0.272 e. The molecule has 0 spiro atoms. The van der Waals surface area contributed by atoms with Crippen LogP contribution in [0.15, 0.2) is 42.5 Å². The first kappa shape index (κ1) is 24.0. The van der Waals surface area contributed by atoms with Gasteiger partial charge < -0.3 is 0 Å². The van der Waals surface area contributed by atoms with Gasteiger partial charge in [-0.3, -0.25) is 14.4 Å². The number of rotatable bonds is 4. The lowest BCUT2D eigenvalue weighted by Crippen LogP contribution is -2.49. The summed E-state index contributed by atoms with van der Waals surface area (Å²) < 4.78 is 0. The summed E-state index contributed by atoms with van der Waals surface area (Å²) >= 11 is 25.5. The zero-order valence-corrected chi connectivity index (χ0v) is 21.9.